The van der Waals surface area contributed by atoms with Gasteiger partial charge in [-0.3, -0.25) is 0 Å². The number of amides is 2. The number of aromatic nitrogens is 2. The Morgan fingerprint density at radius 1 is 1.26 bits per heavy atom. The van der Waals surface area contributed by atoms with Gasteiger partial charge in [-0.2, -0.15) is 0 Å². The smallest absolute Gasteiger partial charge is 0.322 e. The largest absolute Gasteiger partial charge is 0.362 e. The van der Waals surface area contributed by atoms with Crippen LogP contribution in [0.2, 0.25) is 0 Å². The third-order valence-corrected chi connectivity index (χ3v) is 6.30. The van der Waals surface area contributed by atoms with Crippen molar-refractivity contribution in [2.24, 2.45) is 0 Å². The van der Waals surface area contributed by atoms with Crippen molar-refractivity contribution < 1.29 is 4.79 Å². The third kappa shape index (κ3) is 3.12. The third-order valence-electron chi connectivity index (χ3n) is 5.17. The van der Waals surface area contributed by atoms with E-state index in [2.05, 4.69) is 28.3 Å². The summed E-state index contributed by atoms with van der Waals surface area (Å²) in [6.07, 6.45) is 2.44. The number of anilines is 2. The van der Waals surface area contributed by atoms with Crippen LogP contribution in [0.4, 0.5) is 16.3 Å². The number of thiophene rings is 1. The molecule has 1 aliphatic rings. The van der Waals surface area contributed by atoms with E-state index < -0.39 is 0 Å². The highest BCUT2D eigenvalue weighted by Crippen LogP contribution is 2.38. The molecule has 3 heterocycles. The Kier molecular flexibility index (Phi) is 4.47. The van der Waals surface area contributed by atoms with Crippen molar-refractivity contribution in [1.29, 1.82) is 0 Å². The van der Waals surface area contributed by atoms with Crippen LogP contribution in [0, 0.1) is 13.8 Å². The summed E-state index contributed by atoms with van der Waals surface area (Å²) in [6, 6.07) is 5.93. The number of hydrogen-bond acceptors (Lipinski definition) is 5. The summed E-state index contributed by atoms with van der Waals surface area (Å²) in [5.74, 6) is 0.950. The molecule has 6 nitrogen and oxygen atoms in total. The molecule has 27 heavy (non-hydrogen) atoms. The van der Waals surface area contributed by atoms with Crippen LogP contribution < -0.4 is 10.2 Å². The predicted octanol–water partition coefficient (Wildman–Crippen LogP) is 3.96. The molecule has 2 amide bonds. The van der Waals surface area contributed by atoms with Crippen LogP contribution in [0.25, 0.3) is 10.2 Å². The molecule has 0 radical (unpaired) electrons. The number of carbonyl (C=O) groups excluding carboxylic acids is 1. The fourth-order valence-electron chi connectivity index (χ4n) is 3.50. The summed E-state index contributed by atoms with van der Waals surface area (Å²) in [4.78, 5) is 27.8. The van der Waals surface area contributed by atoms with Gasteiger partial charge in [-0.05, 0) is 43.0 Å². The number of urea groups is 1. The molecule has 0 fully saturated rings. The normalized spacial score (nSPS) is 13.6. The molecule has 1 N–H and O–H groups in total. The number of nitrogens with zero attached hydrogens (tertiary/aromatic N) is 4. The first kappa shape index (κ1) is 17.7. The predicted molar refractivity (Wildman–Crippen MR) is 111 cm³/mol. The van der Waals surface area contributed by atoms with E-state index in [9.17, 15) is 4.79 Å². The van der Waals surface area contributed by atoms with E-state index in [-0.39, 0.29) is 6.03 Å². The van der Waals surface area contributed by atoms with Gasteiger partial charge in [0, 0.05) is 31.2 Å². The van der Waals surface area contributed by atoms with Crippen molar-refractivity contribution >= 4 is 39.1 Å². The number of aryl methyl sites for hydroxylation is 1. The van der Waals surface area contributed by atoms with E-state index in [0.717, 1.165) is 33.7 Å². The highest BCUT2D eigenvalue weighted by atomic mass is 32.1. The minimum atomic E-state index is -0.0503. The maximum atomic E-state index is 12.8. The molecular formula is C20H23N5OS. The lowest BCUT2D eigenvalue weighted by atomic mass is 10.0. The lowest BCUT2D eigenvalue weighted by Crippen LogP contribution is -2.38. The van der Waals surface area contributed by atoms with Gasteiger partial charge in [-0.15, -0.1) is 11.3 Å². The number of carbonyl (C=O) groups is 1. The van der Waals surface area contributed by atoms with Crippen LogP contribution in [0.15, 0.2) is 24.5 Å². The van der Waals surface area contributed by atoms with Crippen molar-refractivity contribution in [2.75, 3.05) is 30.9 Å². The van der Waals surface area contributed by atoms with Crippen LogP contribution in [0.3, 0.4) is 0 Å². The minimum Gasteiger partial charge on any atom is -0.362 e. The van der Waals surface area contributed by atoms with E-state index in [1.54, 1.807) is 17.7 Å². The highest BCUT2D eigenvalue weighted by Gasteiger charge is 2.27. The average Bonchev–Trinajstić information content (AvgIpc) is 3.03. The van der Waals surface area contributed by atoms with Crippen molar-refractivity contribution in [3.63, 3.8) is 0 Å². The second kappa shape index (κ2) is 6.81. The highest BCUT2D eigenvalue weighted by molar-refractivity contribution is 7.19. The van der Waals surface area contributed by atoms with Crippen LogP contribution in [0.1, 0.15) is 21.6 Å². The lowest BCUT2D eigenvalue weighted by molar-refractivity contribution is 0.207. The molecule has 0 saturated heterocycles. The zero-order valence-corrected chi connectivity index (χ0v) is 16.9. The molecule has 0 saturated carbocycles. The Balaban J connectivity index is 1.60. The summed E-state index contributed by atoms with van der Waals surface area (Å²) < 4.78 is 0. The van der Waals surface area contributed by atoms with Crippen LogP contribution in [-0.4, -0.2) is 41.5 Å². The Labute approximate surface area is 162 Å². The molecule has 7 heteroatoms. The van der Waals surface area contributed by atoms with Gasteiger partial charge in [-0.25, -0.2) is 14.8 Å². The Bertz CT molecular complexity index is 1030. The van der Waals surface area contributed by atoms with Gasteiger partial charge in [0.1, 0.15) is 17.0 Å². The maximum Gasteiger partial charge on any atom is 0.322 e. The molecular weight excluding hydrogens is 358 g/mol. The standard InChI is InChI=1S/C20H23N5OS/c1-12-6-5-7-15(13(12)2)23-20(26)25-9-8-14-16(10-25)27-19-17(14)18(24(3)4)21-11-22-19/h5-7,11H,8-10H2,1-4H3,(H,23,26). The molecule has 1 aliphatic heterocycles. The Morgan fingerprint density at radius 3 is 2.85 bits per heavy atom. The van der Waals surface area contributed by atoms with Crippen molar-refractivity contribution in [1.82, 2.24) is 14.9 Å². The van der Waals surface area contributed by atoms with Crippen LogP contribution in [0.5, 0.6) is 0 Å². The van der Waals surface area contributed by atoms with Gasteiger partial charge in [0.15, 0.2) is 0 Å². The molecule has 1 aromatic carbocycles. The van der Waals surface area contributed by atoms with Crippen molar-refractivity contribution in [3.8, 4) is 0 Å². The van der Waals surface area contributed by atoms with E-state index in [1.165, 1.54) is 16.0 Å². The average molecular weight is 382 g/mol. The topological polar surface area (TPSA) is 61.4 Å². The molecule has 0 aliphatic carbocycles. The molecule has 0 atom stereocenters. The molecule has 2 aromatic heterocycles. The summed E-state index contributed by atoms with van der Waals surface area (Å²) in [6.45, 7) is 5.39. The van der Waals surface area contributed by atoms with Crippen LogP contribution >= 0.6 is 11.3 Å². The first-order valence-electron chi connectivity index (χ1n) is 9.00. The Hall–Kier alpha value is -2.67. The summed E-state index contributed by atoms with van der Waals surface area (Å²) in [7, 11) is 4.00. The first-order valence-corrected chi connectivity index (χ1v) is 9.82. The number of nitrogens with one attached hydrogen (secondary N) is 1. The zero-order valence-electron chi connectivity index (χ0n) is 16.0. The molecule has 4 rings (SSSR count). The maximum absolute atomic E-state index is 12.8. The monoisotopic (exact) mass is 381 g/mol. The molecule has 0 bridgehead atoms. The van der Waals surface area contributed by atoms with Gasteiger partial charge >= 0.3 is 6.03 Å². The second-order valence-corrected chi connectivity index (χ2v) is 8.21. The van der Waals surface area contributed by atoms with Crippen molar-refractivity contribution in [3.05, 3.63) is 46.1 Å². The summed E-state index contributed by atoms with van der Waals surface area (Å²) >= 11 is 1.66. The number of benzene rings is 1. The van der Waals surface area contributed by atoms with Gasteiger partial charge in [0.2, 0.25) is 0 Å². The van der Waals surface area contributed by atoms with E-state index in [4.69, 9.17) is 0 Å². The lowest BCUT2D eigenvalue weighted by Gasteiger charge is -2.28. The second-order valence-electron chi connectivity index (χ2n) is 7.12. The zero-order chi connectivity index (χ0) is 19.1. The number of rotatable bonds is 2. The van der Waals surface area contributed by atoms with Crippen molar-refractivity contribution in [2.45, 2.75) is 26.8 Å². The van der Waals surface area contributed by atoms with Gasteiger partial charge in [0.05, 0.1) is 11.9 Å². The first-order chi connectivity index (χ1) is 13.0. The summed E-state index contributed by atoms with van der Waals surface area (Å²) in [5, 5.41) is 4.21. The van der Waals surface area contributed by atoms with Gasteiger partial charge in [0.25, 0.3) is 0 Å². The number of fused-ring (bicyclic) bond motifs is 3. The van der Waals surface area contributed by atoms with Crippen LogP contribution in [-0.2, 0) is 13.0 Å². The molecule has 0 unspecified atom stereocenters. The fraction of sp³-hybridized carbons (Fsp3) is 0.350. The Morgan fingerprint density at radius 2 is 2.07 bits per heavy atom. The SMILES string of the molecule is Cc1cccc(NC(=O)N2CCc3c(sc4ncnc(N(C)C)c34)C2)c1C. The molecule has 140 valence electrons. The fourth-order valence-corrected chi connectivity index (χ4v) is 4.70. The minimum absolute atomic E-state index is 0.0503. The molecule has 0 spiro atoms. The quantitative estimate of drug-likeness (QED) is 0.730. The number of hydrogen-bond donors (Lipinski definition) is 1. The van der Waals surface area contributed by atoms with E-state index in [1.807, 2.05) is 43.0 Å². The van der Waals surface area contributed by atoms with Gasteiger partial charge < -0.3 is 15.1 Å². The van der Waals surface area contributed by atoms with Gasteiger partial charge in [-0.1, -0.05) is 12.1 Å². The summed E-state index contributed by atoms with van der Waals surface area (Å²) in [5.41, 5.74) is 4.45. The molecule has 3 aromatic rings. The van der Waals surface area contributed by atoms with E-state index in [0.29, 0.717) is 13.1 Å². The van der Waals surface area contributed by atoms with E-state index >= 15 is 0 Å².